The van der Waals surface area contributed by atoms with E-state index in [0.29, 0.717) is 22.0 Å². The van der Waals surface area contributed by atoms with E-state index in [1.54, 1.807) is 55.5 Å². The lowest BCUT2D eigenvalue weighted by Crippen LogP contribution is -2.30. The summed E-state index contributed by atoms with van der Waals surface area (Å²) in [6.07, 6.45) is 0. The number of nitrogens with zero attached hydrogens (tertiary/aromatic N) is 1. The fourth-order valence-electron chi connectivity index (χ4n) is 2.13. The second-order valence-electron chi connectivity index (χ2n) is 5.15. The molecule has 0 aliphatic carbocycles. The molecule has 0 fully saturated rings. The normalized spacial score (nSPS) is 10.7. The molecular weight excluding hydrogens is 319 g/mol. The lowest BCUT2D eigenvalue weighted by atomic mass is 10.2. The largest absolute Gasteiger partial charge is 0.497 e. The van der Waals surface area contributed by atoms with Gasteiger partial charge in [-0.15, -0.1) is 0 Å². The van der Waals surface area contributed by atoms with Crippen molar-refractivity contribution in [2.45, 2.75) is 6.54 Å². The Kier molecular flexibility index (Phi) is 5.96. The third-order valence-corrected chi connectivity index (χ3v) is 3.63. The predicted molar refractivity (Wildman–Crippen MR) is 89.4 cm³/mol. The molecule has 0 radical (unpaired) electrons. The van der Waals surface area contributed by atoms with Gasteiger partial charge < -0.3 is 10.1 Å². The first-order valence-electron chi connectivity index (χ1n) is 7.05. The van der Waals surface area contributed by atoms with Crippen molar-refractivity contribution < 1.29 is 13.9 Å². The third kappa shape index (κ3) is 4.94. The van der Waals surface area contributed by atoms with Crippen LogP contribution < -0.4 is 10.1 Å². The number of rotatable bonds is 6. The van der Waals surface area contributed by atoms with Crippen LogP contribution in [-0.2, 0) is 11.3 Å². The molecule has 1 amide bonds. The minimum Gasteiger partial charge on any atom is -0.497 e. The number of benzene rings is 2. The van der Waals surface area contributed by atoms with Crippen LogP contribution in [0.5, 0.6) is 5.75 Å². The number of amides is 1. The summed E-state index contributed by atoms with van der Waals surface area (Å²) in [6, 6.07) is 11.6. The Morgan fingerprint density at radius 2 is 1.96 bits per heavy atom. The van der Waals surface area contributed by atoms with Crippen molar-refractivity contribution >= 4 is 23.2 Å². The van der Waals surface area contributed by atoms with E-state index < -0.39 is 0 Å². The van der Waals surface area contributed by atoms with E-state index in [2.05, 4.69) is 5.32 Å². The van der Waals surface area contributed by atoms with Crippen LogP contribution in [0.3, 0.4) is 0 Å². The summed E-state index contributed by atoms with van der Waals surface area (Å²) >= 11 is 5.99. The van der Waals surface area contributed by atoms with Gasteiger partial charge >= 0.3 is 0 Å². The lowest BCUT2D eigenvalue weighted by molar-refractivity contribution is -0.117. The lowest BCUT2D eigenvalue weighted by Gasteiger charge is -2.17. The van der Waals surface area contributed by atoms with Gasteiger partial charge in [0.2, 0.25) is 5.91 Å². The third-order valence-electron chi connectivity index (χ3n) is 3.28. The molecular formula is C17H18ClFN2O2. The zero-order chi connectivity index (χ0) is 16.8. The van der Waals surface area contributed by atoms with E-state index in [-0.39, 0.29) is 24.8 Å². The number of hydrogen-bond acceptors (Lipinski definition) is 3. The molecule has 0 unspecified atom stereocenters. The number of carbonyl (C=O) groups excluding carboxylic acids is 1. The Bertz CT molecular complexity index is 657. The second kappa shape index (κ2) is 7.94. The van der Waals surface area contributed by atoms with Crippen molar-refractivity contribution in [2.75, 3.05) is 26.0 Å². The van der Waals surface area contributed by atoms with Crippen LogP contribution in [0.25, 0.3) is 0 Å². The Labute approximate surface area is 139 Å². The molecule has 2 aromatic rings. The molecule has 4 nitrogen and oxygen atoms in total. The van der Waals surface area contributed by atoms with Gasteiger partial charge in [0, 0.05) is 22.8 Å². The molecule has 6 heteroatoms. The van der Waals surface area contributed by atoms with Crippen LogP contribution >= 0.6 is 11.6 Å². The molecule has 0 bridgehead atoms. The van der Waals surface area contributed by atoms with Gasteiger partial charge in [-0.1, -0.05) is 17.7 Å². The topological polar surface area (TPSA) is 41.6 Å². The molecule has 0 spiro atoms. The summed E-state index contributed by atoms with van der Waals surface area (Å²) in [6.45, 7) is 0.373. The number of nitrogens with one attached hydrogen (secondary N) is 1. The molecule has 0 aromatic heterocycles. The van der Waals surface area contributed by atoms with Gasteiger partial charge in [0.25, 0.3) is 0 Å². The van der Waals surface area contributed by atoms with Crippen LogP contribution in [0, 0.1) is 5.82 Å². The van der Waals surface area contributed by atoms with E-state index in [1.807, 2.05) is 0 Å². The highest BCUT2D eigenvalue weighted by molar-refractivity contribution is 6.31. The smallest absolute Gasteiger partial charge is 0.238 e. The minimum atomic E-state index is -0.375. The second-order valence-corrected chi connectivity index (χ2v) is 5.56. The number of carbonyl (C=O) groups is 1. The van der Waals surface area contributed by atoms with E-state index in [1.165, 1.54) is 6.07 Å². The van der Waals surface area contributed by atoms with E-state index in [9.17, 15) is 9.18 Å². The first-order valence-corrected chi connectivity index (χ1v) is 7.42. The molecule has 0 heterocycles. The predicted octanol–water partition coefficient (Wildman–Crippen LogP) is 3.56. The van der Waals surface area contributed by atoms with Crippen LogP contribution in [0.15, 0.2) is 42.5 Å². The summed E-state index contributed by atoms with van der Waals surface area (Å²) in [5, 5.41) is 3.13. The number of anilines is 1. The minimum absolute atomic E-state index is 0.122. The first kappa shape index (κ1) is 17.2. The van der Waals surface area contributed by atoms with Gasteiger partial charge in [-0.3, -0.25) is 9.69 Å². The Morgan fingerprint density at radius 3 is 2.57 bits per heavy atom. The molecule has 1 N–H and O–H groups in total. The Morgan fingerprint density at radius 1 is 1.26 bits per heavy atom. The highest BCUT2D eigenvalue weighted by Gasteiger charge is 2.12. The summed E-state index contributed by atoms with van der Waals surface area (Å²) in [4.78, 5) is 13.7. The molecule has 0 aliphatic rings. The fourth-order valence-corrected chi connectivity index (χ4v) is 2.35. The Balaban J connectivity index is 1.91. The monoisotopic (exact) mass is 336 g/mol. The van der Waals surface area contributed by atoms with Crippen LogP contribution in [0.1, 0.15) is 5.56 Å². The Hall–Kier alpha value is -2.11. The van der Waals surface area contributed by atoms with Gasteiger partial charge in [0.1, 0.15) is 11.6 Å². The van der Waals surface area contributed by atoms with Crippen molar-refractivity contribution in [2.24, 2.45) is 0 Å². The quantitative estimate of drug-likeness (QED) is 0.877. The number of ether oxygens (including phenoxy) is 1. The number of likely N-dealkylation sites (N-methyl/N-ethyl adjacent to an activating group) is 1. The highest BCUT2D eigenvalue weighted by Crippen LogP contribution is 2.20. The van der Waals surface area contributed by atoms with Gasteiger partial charge in [-0.2, -0.15) is 0 Å². The molecule has 2 aromatic carbocycles. The molecule has 0 aliphatic heterocycles. The zero-order valence-corrected chi connectivity index (χ0v) is 13.7. The maximum Gasteiger partial charge on any atom is 0.238 e. The van der Waals surface area contributed by atoms with Gasteiger partial charge in [0.15, 0.2) is 0 Å². The maximum absolute atomic E-state index is 13.7. The van der Waals surface area contributed by atoms with E-state index in [0.717, 1.165) is 0 Å². The molecule has 0 saturated carbocycles. The van der Waals surface area contributed by atoms with E-state index in [4.69, 9.17) is 16.3 Å². The number of methoxy groups -OCH3 is 1. The molecule has 0 atom stereocenters. The summed E-state index contributed by atoms with van der Waals surface area (Å²) in [7, 11) is 3.31. The summed E-state index contributed by atoms with van der Waals surface area (Å²) < 4.78 is 18.8. The SMILES string of the molecule is COc1ccc(NC(=O)CN(C)Cc2c(F)cccc2Cl)cc1. The van der Waals surface area contributed by atoms with Crippen molar-refractivity contribution in [3.63, 3.8) is 0 Å². The molecule has 0 saturated heterocycles. The van der Waals surface area contributed by atoms with Crippen LogP contribution in [0.4, 0.5) is 10.1 Å². The molecule has 23 heavy (non-hydrogen) atoms. The zero-order valence-electron chi connectivity index (χ0n) is 13.0. The fraction of sp³-hybridized carbons (Fsp3) is 0.235. The van der Waals surface area contributed by atoms with Gasteiger partial charge in [-0.25, -0.2) is 4.39 Å². The van der Waals surface area contributed by atoms with Crippen molar-refractivity contribution in [3.8, 4) is 5.75 Å². The van der Waals surface area contributed by atoms with Crippen molar-refractivity contribution in [1.82, 2.24) is 4.90 Å². The van der Waals surface area contributed by atoms with Crippen molar-refractivity contribution in [3.05, 3.63) is 58.9 Å². The molecule has 122 valence electrons. The van der Waals surface area contributed by atoms with Gasteiger partial charge in [-0.05, 0) is 43.4 Å². The highest BCUT2D eigenvalue weighted by atomic mass is 35.5. The van der Waals surface area contributed by atoms with E-state index >= 15 is 0 Å². The first-order chi connectivity index (χ1) is 11.0. The number of hydrogen-bond donors (Lipinski definition) is 1. The van der Waals surface area contributed by atoms with Crippen LogP contribution in [-0.4, -0.2) is 31.5 Å². The van der Waals surface area contributed by atoms with Crippen molar-refractivity contribution in [1.29, 1.82) is 0 Å². The standard InChI is InChI=1S/C17H18ClFN2O2/c1-21(10-14-15(18)4-3-5-16(14)19)11-17(22)20-12-6-8-13(23-2)9-7-12/h3-9H,10-11H2,1-2H3,(H,20,22). The van der Waals surface area contributed by atoms with Crippen LogP contribution in [0.2, 0.25) is 5.02 Å². The van der Waals surface area contributed by atoms with Gasteiger partial charge in [0.05, 0.1) is 13.7 Å². The number of halogens is 2. The summed E-state index contributed by atoms with van der Waals surface area (Å²) in [5.41, 5.74) is 1.06. The maximum atomic E-state index is 13.7. The molecule has 2 rings (SSSR count). The average molecular weight is 337 g/mol. The summed E-state index contributed by atoms with van der Waals surface area (Å²) in [5.74, 6) is 0.152. The average Bonchev–Trinajstić information content (AvgIpc) is 2.51.